The Hall–Kier alpha value is -3.79. The Morgan fingerprint density at radius 1 is 1.09 bits per heavy atom. The maximum atomic E-state index is 11.9. The molecule has 0 saturated carbocycles. The number of nitrogens with zero attached hydrogens (tertiary/aromatic N) is 3. The lowest BCUT2D eigenvalue weighted by molar-refractivity contribution is -0.139. The predicted molar refractivity (Wildman–Crippen MR) is 127 cm³/mol. The Morgan fingerprint density at radius 2 is 1.82 bits per heavy atom. The van der Waals surface area contributed by atoms with E-state index >= 15 is 0 Å². The minimum absolute atomic E-state index is 0.103. The van der Waals surface area contributed by atoms with Gasteiger partial charge in [0, 0.05) is 0 Å². The van der Waals surface area contributed by atoms with Gasteiger partial charge in [-0.2, -0.15) is 0 Å². The van der Waals surface area contributed by atoms with Crippen LogP contribution < -0.4 is 5.32 Å². The second-order valence-electron chi connectivity index (χ2n) is 8.66. The number of carbonyl (C=O) groups is 2. The van der Waals surface area contributed by atoms with Crippen molar-refractivity contribution in [1.82, 2.24) is 20.5 Å². The summed E-state index contributed by atoms with van der Waals surface area (Å²) in [4.78, 5) is 28.1. The lowest BCUT2D eigenvalue weighted by atomic mass is 10.1. The van der Waals surface area contributed by atoms with Crippen molar-refractivity contribution in [2.75, 3.05) is 0 Å². The number of carboxylic acids is 1. The van der Waals surface area contributed by atoms with Gasteiger partial charge in [-0.25, -0.2) is 14.6 Å². The third-order valence-electron chi connectivity index (χ3n) is 4.72. The highest BCUT2D eigenvalue weighted by molar-refractivity contribution is 7.18. The molecule has 2 aromatic heterocycles. The number of alkyl carbamates (subject to hydrolysis) is 1. The van der Waals surface area contributed by atoms with Crippen LogP contribution in [0.15, 0.2) is 52.9 Å². The van der Waals surface area contributed by atoms with Gasteiger partial charge < -0.3 is 19.6 Å². The molecule has 34 heavy (non-hydrogen) atoms. The zero-order chi connectivity index (χ0) is 24.3. The third-order valence-corrected chi connectivity index (χ3v) is 5.74. The van der Waals surface area contributed by atoms with E-state index < -0.39 is 23.7 Å². The molecule has 0 aliphatic rings. The van der Waals surface area contributed by atoms with E-state index in [-0.39, 0.29) is 12.3 Å². The fourth-order valence-electron chi connectivity index (χ4n) is 3.25. The van der Waals surface area contributed by atoms with Gasteiger partial charge in [0.2, 0.25) is 11.8 Å². The highest BCUT2D eigenvalue weighted by Crippen LogP contribution is 2.29. The van der Waals surface area contributed by atoms with Crippen LogP contribution >= 0.6 is 11.3 Å². The maximum Gasteiger partial charge on any atom is 0.408 e. The number of hydrogen-bond acceptors (Lipinski definition) is 8. The van der Waals surface area contributed by atoms with Crippen LogP contribution in [0.5, 0.6) is 0 Å². The van der Waals surface area contributed by atoms with E-state index in [4.69, 9.17) is 9.15 Å². The summed E-state index contributed by atoms with van der Waals surface area (Å²) in [5, 5.41) is 20.5. The fourth-order valence-corrected chi connectivity index (χ4v) is 4.25. The molecule has 1 atom stereocenters. The lowest BCUT2D eigenvalue weighted by Gasteiger charge is -2.21. The Kier molecular flexibility index (Phi) is 6.60. The average molecular weight is 481 g/mol. The molecule has 1 unspecified atom stereocenters. The molecule has 0 radical (unpaired) electrons. The molecule has 4 rings (SSSR count). The Labute approximate surface area is 199 Å². The number of hydrogen-bond donors (Lipinski definition) is 2. The molecule has 10 heteroatoms. The zero-order valence-electron chi connectivity index (χ0n) is 18.9. The first kappa shape index (κ1) is 23.4. The van der Waals surface area contributed by atoms with Crippen molar-refractivity contribution < 1.29 is 23.8 Å². The molecule has 0 aliphatic carbocycles. The van der Waals surface area contributed by atoms with E-state index in [0.717, 1.165) is 26.4 Å². The molecule has 176 valence electrons. The summed E-state index contributed by atoms with van der Waals surface area (Å²) in [7, 11) is 0. The number of rotatable bonds is 7. The number of aromatic nitrogens is 3. The summed E-state index contributed by atoms with van der Waals surface area (Å²) in [5.41, 5.74) is 2.38. The standard InChI is InChI=1S/C24H24N4O5S/c1-24(2,3)33-23(31)26-17(22(29)30)12-19-27-28-20(32-19)13-21-25-16-10-9-15(11-18(16)34-21)14-7-5-4-6-8-14/h4-11,17H,12-13H2,1-3H3,(H,26,31)(H,29,30). The summed E-state index contributed by atoms with van der Waals surface area (Å²) >= 11 is 1.54. The molecule has 0 bridgehead atoms. The van der Waals surface area contributed by atoms with Gasteiger partial charge in [-0.1, -0.05) is 36.4 Å². The SMILES string of the molecule is CC(C)(C)OC(=O)NC(Cc1nnc(Cc2nc3ccc(-c4ccccc4)cc3s2)o1)C(=O)O. The van der Waals surface area contributed by atoms with Gasteiger partial charge >= 0.3 is 12.1 Å². The Morgan fingerprint density at radius 3 is 2.53 bits per heavy atom. The van der Waals surface area contributed by atoms with E-state index in [1.165, 1.54) is 11.3 Å². The number of fused-ring (bicyclic) bond motifs is 1. The topological polar surface area (TPSA) is 127 Å². The molecular weight excluding hydrogens is 456 g/mol. The summed E-state index contributed by atoms with van der Waals surface area (Å²) in [6.45, 7) is 5.07. The van der Waals surface area contributed by atoms with Crippen LogP contribution in [0.1, 0.15) is 37.6 Å². The molecule has 1 amide bonds. The molecule has 4 aromatic rings. The Bertz CT molecular complexity index is 1310. The lowest BCUT2D eigenvalue weighted by Crippen LogP contribution is -2.44. The summed E-state index contributed by atoms with van der Waals surface area (Å²) in [5.74, 6) is -0.810. The minimum Gasteiger partial charge on any atom is -0.480 e. The number of carboxylic acid groups (broad SMARTS) is 1. The number of benzene rings is 2. The van der Waals surface area contributed by atoms with Crippen molar-refractivity contribution in [2.45, 2.75) is 45.3 Å². The molecule has 2 aromatic carbocycles. The van der Waals surface area contributed by atoms with Crippen LogP contribution in [0.2, 0.25) is 0 Å². The van der Waals surface area contributed by atoms with Crippen molar-refractivity contribution in [3.05, 3.63) is 65.3 Å². The van der Waals surface area contributed by atoms with Gasteiger partial charge in [-0.05, 0) is 44.0 Å². The predicted octanol–water partition coefficient (Wildman–Crippen LogP) is 4.46. The molecule has 2 N–H and O–H groups in total. The van der Waals surface area contributed by atoms with E-state index in [1.807, 2.05) is 30.3 Å². The Balaban J connectivity index is 1.43. The van der Waals surface area contributed by atoms with Crippen LogP contribution in [0, 0.1) is 0 Å². The normalized spacial score (nSPS) is 12.4. The maximum absolute atomic E-state index is 11.9. The first-order chi connectivity index (χ1) is 16.2. The monoisotopic (exact) mass is 480 g/mol. The van der Waals surface area contributed by atoms with Crippen LogP contribution in [0.25, 0.3) is 21.3 Å². The van der Waals surface area contributed by atoms with Crippen LogP contribution in [-0.2, 0) is 22.4 Å². The number of nitrogens with one attached hydrogen (secondary N) is 1. The molecule has 0 aliphatic heterocycles. The third kappa shape index (κ3) is 5.96. The van der Waals surface area contributed by atoms with Crippen LogP contribution in [0.3, 0.4) is 0 Å². The molecule has 0 spiro atoms. The fraction of sp³-hybridized carbons (Fsp3) is 0.292. The van der Waals surface area contributed by atoms with Crippen molar-refractivity contribution in [1.29, 1.82) is 0 Å². The van der Waals surface area contributed by atoms with Crippen molar-refractivity contribution in [2.24, 2.45) is 0 Å². The average Bonchev–Trinajstić information content (AvgIpc) is 3.38. The van der Waals surface area contributed by atoms with Gasteiger partial charge in [0.25, 0.3) is 0 Å². The van der Waals surface area contributed by atoms with E-state index in [0.29, 0.717) is 12.3 Å². The first-order valence-electron chi connectivity index (χ1n) is 10.6. The van der Waals surface area contributed by atoms with E-state index in [1.54, 1.807) is 20.8 Å². The minimum atomic E-state index is -1.26. The highest BCUT2D eigenvalue weighted by atomic mass is 32.1. The van der Waals surface area contributed by atoms with Gasteiger partial charge in [-0.3, -0.25) is 0 Å². The summed E-state index contributed by atoms with van der Waals surface area (Å²) in [6.07, 6.45) is -0.671. The van der Waals surface area contributed by atoms with E-state index in [2.05, 4.69) is 38.7 Å². The van der Waals surface area contributed by atoms with Gasteiger partial charge in [0.05, 0.1) is 23.1 Å². The van der Waals surface area contributed by atoms with Gasteiger partial charge in [0.1, 0.15) is 16.7 Å². The van der Waals surface area contributed by atoms with Gasteiger partial charge in [-0.15, -0.1) is 21.5 Å². The van der Waals surface area contributed by atoms with Crippen LogP contribution in [-0.4, -0.2) is 44.0 Å². The molecule has 2 heterocycles. The molecule has 0 fully saturated rings. The second-order valence-corrected chi connectivity index (χ2v) is 9.78. The number of aliphatic carboxylic acids is 1. The smallest absolute Gasteiger partial charge is 0.408 e. The largest absolute Gasteiger partial charge is 0.480 e. The number of carbonyl (C=O) groups excluding carboxylic acids is 1. The van der Waals surface area contributed by atoms with Crippen molar-refractivity contribution >= 4 is 33.6 Å². The second kappa shape index (κ2) is 9.60. The number of amides is 1. The van der Waals surface area contributed by atoms with Gasteiger partial charge in [0.15, 0.2) is 0 Å². The molecule has 0 saturated heterocycles. The zero-order valence-corrected chi connectivity index (χ0v) is 19.8. The van der Waals surface area contributed by atoms with Crippen molar-refractivity contribution in [3.8, 4) is 11.1 Å². The highest BCUT2D eigenvalue weighted by Gasteiger charge is 2.26. The first-order valence-corrected chi connectivity index (χ1v) is 11.5. The quantitative estimate of drug-likeness (QED) is 0.397. The van der Waals surface area contributed by atoms with Crippen molar-refractivity contribution in [3.63, 3.8) is 0 Å². The summed E-state index contributed by atoms with van der Waals surface area (Å²) < 4.78 is 11.8. The number of thiazole rings is 1. The molecular formula is C24H24N4O5S. The van der Waals surface area contributed by atoms with Crippen LogP contribution in [0.4, 0.5) is 4.79 Å². The number of ether oxygens (including phenoxy) is 1. The van der Waals surface area contributed by atoms with E-state index in [9.17, 15) is 14.7 Å². The molecule has 9 nitrogen and oxygen atoms in total. The summed E-state index contributed by atoms with van der Waals surface area (Å²) in [6, 6.07) is 15.0.